The van der Waals surface area contributed by atoms with Crippen molar-refractivity contribution in [3.8, 4) is 0 Å². The van der Waals surface area contributed by atoms with Crippen molar-refractivity contribution in [1.82, 2.24) is 4.31 Å². The van der Waals surface area contributed by atoms with Crippen LogP contribution >= 0.6 is 11.3 Å². The van der Waals surface area contributed by atoms with Gasteiger partial charge >= 0.3 is 0 Å². The van der Waals surface area contributed by atoms with E-state index in [1.165, 1.54) is 15.6 Å². The fourth-order valence-corrected chi connectivity index (χ4v) is 7.11. The Hall–Kier alpha value is -2.23. The third-order valence-electron chi connectivity index (χ3n) is 6.14. The number of hydrogen-bond acceptors (Lipinski definition) is 5. The average molecular weight is 462 g/mol. The maximum Gasteiger partial charge on any atom is 0.251 e. The van der Waals surface area contributed by atoms with E-state index in [2.05, 4.69) is 5.32 Å². The molecule has 1 aliphatic heterocycles. The molecule has 7 nitrogen and oxygen atoms in total. The van der Waals surface area contributed by atoms with Gasteiger partial charge < -0.3 is 11.1 Å². The number of hydrogen-bond donors (Lipinski definition) is 2. The van der Waals surface area contributed by atoms with Crippen molar-refractivity contribution in [2.45, 2.75) is 50.3 Å². The van der Waals surface area contributed by atoms with Gasteiger partial charge in [0.25, 0.3) is 5.91 Å². The zero-order chi connectivity index (χ0) is 22.2. The molecule has 1 fully saturated rings. The number of carbonyl (C=O) groups excluding carboxylic acids is 2. The summed E-state index contributed by atoms with van der Waals surface area (Å²) in [6.07, 6.45) is 4.70. The fraction of sp³-hybridized carbons (Fsp3) is 0.455. The molecule has 0 radical (unpaired) electrons. The number of piperidine rings is 1. The van der Waals surface area contributed by atoms with Gasteiger partial charge in [0, 0.05) is 23.9 Å². The minimum Gasteiger partial charge on any atom is -0.365 e. The summed E-state index contributed by atoms with van der Waals surface area (Å²) < 4.78 is 27.2. The van der Waals surface area contributed by atoms with E-state index in [-0.39, 0.29) is 29.8 Å². The monoisotopic (exact) mass is 461 g/mol. The third kappa shape index (κ3) is 4.40. The Balaban J connectivity index is 1.43. The van der Waals surface area contributed by atoms with Gasteiger partial charge in [0.15, 0.2) is 0 Å². The van der Waals surface area contributed by atoms with Crippen LogP contribution in [0, 0.1) is 12.8 Å². The van der Waals surface area contributed by atoms with E-state index in [4.69, 9.17) is 5.73 Å². The van der Waals surface area contributed by atoms with E-state index in [0.717, 1.165) is 41.7 Å². The zero-order valence-electron chi connectivity index (χ0n) is 17.5. The largest absolute Gasteiger partial charge is 0.365 e. The van der Waals surface area contributed by atoms with Crippen LogP contribution < -0.4 is 11.1 Å². The summed E-state index contributed by atoms with van der Waals surface area (Å²) in [5.41, 5.74) is 8.05. The van der Waals surface area contributed by atoms with E-state index >= 15 is 0 Å². The van der Waals surface area contributed by atoms with Crippen LogP contribution in [0.3, 0.4) is 0 Å². The van der Waals surface area contributed by atoms with Crippen molar-refractivity contribution in [2.75, 3.05) is 18.4 Å². The Morgan fingerprint density at radius 1 is 1.10 bits per heavy atom. The van der Waals surface area contributed by atoms with Gasteiger partial charge in [-0.2, -0.15) is 4.31 Å². The summed E-state index contributed by atoms with van der Waals surface area (Å²) in [7, 11) is -3.56. The molecule has 2 heterocycles. The molecule has 166 valence electrons. The van der Waals surface area contributed by atoms with Crippen LogP contribution in [0.15, 0.2) is 29.2 Å². The number of nitrogens with one attached hydrogen (secondary N) is 1. The molecule has 0 atom stereocenters. The number of carbonyl (C=O) groups is 2. The van der Waals surface area contributed by atoms with Crippen molar-refractivity contribution < 1.29 is 18.0 Å². The number of nitrogens with two attached hydrogens (primary N) is 1. The molecule has 2 aromatic rings. The highest BCUT2D eigenvalue weighted by molar-refractivity contribution is 7.89. The lowest BCUT2D eigenvalue weighted by molar-refractivity contribution is -0.120. The second kappa shape index (κ2) is 8.72. The summed E-state index contributed by atoms with van der Waals surface area (Å²) in [4.78, 5) is 26.3. The van der Waals surface area contributed by atoms with E-state index in [9.17, 15) is 18.0 Å². The Kier molecular flexibility index (Phi) is 6.18. The number of anilines is 1. The lowest BCUT2D eigenvalue weighted by Gasteiger charge is -2.30. The SMILES string of the molecule is Cc1ccc(S(=O)(=O)N2CCC(C(=O)Nc3sc4c(c3C(N)=O)CCCC4)CC2)cc1. The van der Waals surface area contributed by atoms with Crippen LogP contribution in [0.1, 0.15) is 52.0 Å². The first-order valence-corrected chi connectivity index (χ1v) is 12.8. The molecular formula is C22H27N3O4S2. The van der Waals surface area contributed by atoms with Crippen molar-refractivity contribution in [2.24, 2.45) is 11.7 Å². The van der Waals surface area contributed by atoms with Crippen molar-refractivity contribution in [3.63, 3.8) is 0 Å². The van der Waals surface area contributed by atoms with Gasteiger partial charge in [-0.1, -0.05) is 17.7 Å². The van der Waals surface area contributed by atoms with E-state index in [0.29, 0.717) is 23.4 Å². The standard InChI is InChI=1S/C22H27N3O4S2/c1-14-6-8-16(9-7-14)31(28,29)25-12-10-15(11-13-25)21(27)24-22-19(20(23)26)17-4-2-3-5-18(17)30-22/h6-9,15H,2-5,10-13H2,1H3,(H2,23,26)(H,24,27). The summed E-state index contributed by atoms with van der Waals surface area (Å²) in [5.74, 6) is -0.980. The maximum absolute atomic E-state index is 12.9. The predicted octanol–water partition coefficient (Wildman–Crippen LogP) is 3.07. The number of sulfonamides is 1. The average Bonchev–Trinajstić information content (AvgIpc) is 3.12. The number of primary amides is 1. The van der Waals surface area contributed by atoms with Crippen LogP contribution in [0.5, 0.6) is 0 Å². The van der Waals surface area contributed by atoms with E-state index < -0.39 is 15.9 Å². The molecule has 2 aliphatic rings. The number of aryl methyl sites for hydroxylation is 2. The fourth-order valence-electron chi connectivity index (χ4n) is 4.35. The first kappa shape index (κ1) is 22.0. The minimum absolute atomic E-state index is 0.173. The lowest BCUT2D eigenvalue weighted by Crippen LogP contribution is -2.41. The van der Waals surface area contributed by atoms with Crippen LogP contribution in [-0.4, -0.2) is 37.6 Å². The molecule has 0 bridgehead atoms. The Labute approximate surface area is 186 Å². The van der Waals surface area contributed by atoms with Gasteiger partial charge in [-0.15, -0.1) is 11.3 Å². The third-order valence-corrected chi connectivity index (χ3v) is 9.26. The van der Waals surface area contributed by atoms with Gasteiger partial charge in [-0.05, 0) is 63.1 Å². The number of rotatable bonds is 5. The number of fused-ring (bicyclic) bond motifs is 1. The molecule has 1 aromatic heterocycles. The summed E-state index contributed by atoms with van der Waals surface area (Å²) >= 11 is 1.45. The number of nitrogens with zero attached hydrogens (tertiary/aromatic N) is 1. The normalized spacial score (nSPS) is 17.8. The molecule has 3 N–H and O–H groups in total. The highest BCUT2D eigenvalue weighted by Crippen LogP contribution is 2.38. The minimum atomic E-state index is -3.56. The molecule has 31 heavy (non-hydrogen) atoms. The second-order valence-corrected chi connectivity index (χ2v) is 11.3. The number of benzene rings is 1. The van der Waals surface area contributed by atoms with Crippen molar-refractivity contribution >= 4 is 38.2 Å². The van der Waals surface area contributed by atoms with Crippen LogP contribution in [0.25, 0.3) is 0 Å². The number of thiophene rings is 1. The summed E-state index contributed by atoms with van der Waals surface area (Å²) in [6, 6.07) is 6.80. The molecule has 0 spiro atoms. The highest BCUT2D eigenvalue weighted by atomic mass is 32.2. The maximum atomic E-state index is 12.9. The molecule has 1 aromatic carbocycles. The van der Waals surface area contributed by atoms with E-state index in [1.54, 1.807) is 24.3 Å². The van der Waals surface area contributed by atoms with Crippen LogP contribution in [0.4, 0.5) is 5.00 Å². The molecule has 2 amide bonds. The molecule has 4 rings (SSSR count). The lowest BCUT2D eigenvalue weighted by atomic mass is 9.95. The molecule has 0 saturated carbocycles. The quantitative estimate of drug-likeness (QED) is 0.713. The molecule has 1 saturated heterocycles. The predicted molar refractivity (Wildman–Crippen MR) is 121 cm³/mol. The number of amides is 2. The molecule has 1 aliphatic carbocycles. The summed E-state index contributed by atoms with van der Waals surface area (Å²) in [5, 5.41) is 3.46. The molecular weight excluding hydrogens is 434 g/mol. The Morgan fingerprint density at radius 3 is 2.39 bits per heavy atom. The zero-order valence-corrected chi connectivity index (χ0v) is 19.2. The van der Waals surface area contributed by atoms with Gasteiger partial charge in [-0.25, -0.2) is 8.42 Å². The van der Waals surface area contributed by atoms with Crippen LogP contribution in [0.2, 0.25) is 0 Å². The second-order valence-electron chi connectivity index (χ2n) is 8.26. The molecule has 9 heteroatoms. The summed E-state index contributed by atoms with van der Waals surface area (Å²) in [6.45, 7) is 2.49. The van der Waals surface area contributed by atoms with Gasteiger partial charge in [-0.3, -0.25) is 9.59 Å². The molecule has 0 unspecified atom stereocenters. The van der Waals surface area contributed by atoms with Crippen molar-refractivity contribution in [3.05, 3.63) is 45.8 Å². The van der Waals surface area contributed by atoms with Crippen molar-refractivity contribution in [1.29, 1.82) is 0 Å². The first-order valence-electron chi connectivity index (χ1n) is 10.6. The van der Waals surface area contributed by atoms with Gasteiger partial charge in [0.1, 0.15) is 5.00 Å². The highest BCUT2D eigenvalue weighted by Gasteiger charge is 2.33. The first-order chi connectivity index (χ1) is 14.8. The smallest absolute Gasteiger partial charge is 0.251 e. The Bertz CT molecular complexity index is 1100. The topological polar surface area (TPSA) is 110 Å². The van der Waals surface area contributed by atoms with Gasteiger partial charge in [0.05, 0.1) is 10.5 Å². The Morgan fingerprint density at radius 2 is 1.74 bits per heavy atom. The van der Waals surface area contributed by atoms with E-state index in [1.807, 2.05) is 6.92 Å². The van der Waals surface area contributed by atoms with Gasteiger partial charge in [0.2, 0.25) is 15.9 Å². The van der Waals surface area contributed by atoms with Crippen LogP contribution in [-0.2, 0) is 27.7 Å².